The Hall–Kier alpha value is -4.56. The van der Waals surface area contributed by atoms with Gasteiger partial charge in [0.15, 0.2) is 18.0 Å². The van der Waals surface area contributed by atoms with E-state index in [1.54, 1.807) is 30.3 Å². The molecule has 4 rings (SSSR count). The average Bonchev–Trinajstić information content (AvgIpc) is 3.21. The molecule has 0 aliphatic carbocycles. The third-order valence-electron chi connectivity index (χ3n) is 6.03. The maximum absolute atomic E-state index is 12.6. The number of rotatable bonds is 11. The number of hydrogen-bond acceptors (Lipinski definition) is 12. The van der Waals surface area contributed by atoms with Crippen molar-refractivity contribution < 1.29 is 38.6 Å². The summed E-state index contributed by atoms with van der Waals surface area (Å²) in [4.78, 5) is 53.2. The molecule has 3 N–H and O–H groups in total. The number of benzene rings is 2. The second kappa shape index (κ2) is 13.4. The number of aromatic nitrogens is 2. The Kier molecular flexibility index (Phi) is 9.70. The highest BCUT2D eigenvalue weighted by atomic mass is 31.1. The summed E-state index contributed by atoms with van der Waals surface area (Å²) in [5.74, 6) is -0.837. The highest BCUT2D eigenvalue weighted by Crippen LogP contribution is 2.40. The third-order valence-corrected chi connectivity index (χ3v) is 6.92. The number of carbonyl (C=O) groups excluding carboxylic acids is 1. The molecule has 42 heavy (non-hydrogen) atoms. The molecule has 1 aliphatic heterocycles. The second-order valence-corrected chi connectivity index (χ2v) is 9.83. The van der Waals surface area contributed by atoms with Gasteiger partial charge in [0, 0.05) is 17.2 Å². The smallest absolute Gasteiger partial charge is 0.395 e. The number of carbonyl (C=O) groups is 1. The average molecular weight is 600 g/mol. The van der Waals surface area contributed by atoms with Crippen molar-refractivity contribution in [3.05, 3.63) is 104 Å². The fourth-order valence-corrected chi connectivity index (χ4v) is 4.64. The van der Waals surface area contributed by atoms with Crippen LogP contribution in [-0.4, -0.2) is 56.3 Å². The molecule has 0 radical (unpaired) electrons. The summed E-state index contributed by atoms with van der Waals surface area (Å²) in [6.07, 6.45) is -4.16. The van der Waals surface area contributed by atoms with Crippen molar-refractivity contribution in [3.8, 4) is 11.5 Å². The van der Waals surface area contributed by atoms with Crippen LogP contribution in [0.3, 0.4) is 0 Å². The Bertz CT molecular complexity index is 1610. The van der Waals surface area contributed by atoms with Crippen LogP contribution >= 0.6 is 8.17 Å². The van der Waals surface area contributed by atoms with Crippen molar-refractivity contribution in [2.24, 2.45) is 9.86 Å². The molecule has 0 spiro atoms. The first-order valence-electron chi connectivity index (χ1n) is 12.3. The van der Waals surface area contributed by atoms with Crippen LogP contribution in [0, 0.1) is 0 Å². The lowest BCUT2D eigenvalue weighted by Crippen LogP contribution is -2.46. The van der Waals surface area contributed by atoms with Crippen LogP contribution in [0.1, 0.15) is 18.7 Å². The number of nitrogens with one attached hydrogen (secondary N) is 1. The summed E-state index contributed by atoms with van der Waals surface area (Å²) >= 11 is 0. The maximum Gasteiger partial charge on any atom is 0.395 e. The molecule has 1 aromatic heterocycles. The fourth-order valence-electron chi connectivity index (χ4n) is 3.90. The molecule has 1 fully saturated rings. The summed E-state index contributed by atoms with van der Waals surface area (Å²) in [7, 11) is -2.79. The van der Waals surface area contributed by atoms with E-state index in [-0.39, 0.29) is 18.1 Å². The predicted molar refractivity (Wildman–Crippen MR) is 143 cm³/mol. The zero-order chi connectivity index (χ0) is 30.3. The molecule has 2 aromatic carbocycles. The molecule has 220 valence electrons. The van der Waals surface area contributed by atoms with Gasteiger partial charge in [0.2, 0.25) is 11.5 Å². The van der Waals surface area contributed by atoms with Gasteiger partial charge < -0.3 is 29.3 Å². The predicted octanol–water partition coefficient (Wildman–Crippen LogP) is 1.24. The molecule has 1 aliphatic rings. The Morgan fingerprint density at radius 3 is 2.57 bits per heavy atom. The first kappa shape index (κ1) is 30.4. The Morgan fingerprint density at radius 1 is 1.19 bits per heavy atom. The van der Waals surface area contributed by atoms with E-state index in [0.29, 0.717) is 0 Å². The lowest BCUT2D eigenvalue weighted by molar-refractivity contribution is -0.170. The lowest BCUT2D eigenvalue weighted by atomic mass is 10.1. The van der Waals surface area contributed by atoms with E-state index in [2.05, 4.69) is 14.8 Å². The van der Waals surface area contributed by atoms with Gasteiger partial charge in [0.1, 0.15) is 25.4 Å². The van der Waals surface area contributed by atoms with Crippen LogP contribution in [0.2, 0.25) is 0 Å². The second-order valence-electron chi connectivity index (χ2n) is 8.94. The van der Waals surface area contributed by atoms with Crippen LogP contribution < -0.4 is 25.4 Å². The molecule has 1 unspecified atom stereocenters. The number of ether oxygens (including phenoxy) is 3. The van der Waals surface area contributed by atoms with Gasteiger partial charge in [-0.3, -0.25) is 18.9 Å². The summed E-state index contributed by atoms with van der Waals surface area (Å²) in [6, 6.07) is 14.7. The highest BCUT2D eigenvalue weighted by molar-refractivity contribution is 7.34. The SMILES string of the molecule is C[C@H](N=[P+]([O-])Oc1ccccc1OC[C@@]1(N=[N+]=[N-])O[C@@H](n2ccc(=O)[nH]c2=O)[C@H](O)[C@@H]1O)C(=O)OCc1ccccc1. The Labute approximate surface area is 238 Å². The van der Waals surface area contributed by atoms with E-state index in [9.17, 15) is 29.5 Å². The van der Waals surface area contributed by atoms with E-state index in [0.717, 1.165) is 22.4 Å². The Morgan fingerprint density at radius 2 is 1.88 bits per heavy atom. The number of aliphatic hydroxyl groups is 2. The van der Waals surface area contributed by atoms with Crippen molar-refractivity contribution >= 4 is 14.1 Å². The largest absolute Gasteiger partial charge is 0.575 e. The molecule has 6 atom stereocenters. The number of para-hydroxylation sites is 2. The van der Waals surface area contributed by atoms with Gasteiger partial charge >= 0.3 is 19.8 Å². The monoisotopic (exact) mass is 600 g/mol. The quantitative estimate of drug-likeness (QED) is 0.0936. The van der Waals surface area contributed by atoms with E-state index >= 15 is 0 Å². The van der Waals surface area contributed by atoms with Crippen LogP contribution in [0.25, 0.3) is 10.4 Å². The zero-order valence-electron chi connectivity index (χ0n) is 21.9. The fraction of sp³-hybridized carbons (Fsp3) is 0.320. The molecular formula is C25H25N6O10P. The number of azide groups is 1. The maximum atomic E-state index is 12.6. The van der Waals surface area contributed by atoms with Crippen molar-refractivity contribution in [1.82, 2.24) is 9.55 Å². The van der Waals surface area contributed by atoms with Crippen molar-refractivity contribution in [2.45, 2.75) is 43.7 Å². The molecule has 3 aromatic rings. The molecule has 2 heterocycles. The van der Waals surface area contributed by atoms with Crippen LogP contribution in [-0.2, 0) is 20.9 Å². The minimum absolute atomic E-state index is 0.0150. The van der Waals surface area contributed by atoms with Crippen LogP contribution in [0.5, 0.6) is 11.5 Å². The molecular weight excluding hydrogens is 575 g/mol. The normalized spacial score (nSPS) is 22.6. The van der Waals surface area contributed by atoms with Crippen LogP contribution in [0.15, 0.2) is 86.3 Å². The van der Waals surface area contributed by atoms with Gasteiger partial charge in [-0.15, -0.1) is 0 Å². The topological polar surface area (TPSA) is 233 Å². The molecule has 0 bridgehead atoms. The van der Waals surface area contributed by atoms with Crippen molar-refractivity contribution in [1.29, 1.82) is 0 Å². The lowest BCUT2D eigenvalue weighted by Gasteiger charge is -2.26. The molecule has 1 saturated heterocycles. The van der Waals surface area contributed by atoms with Crippen molar-refractivity contribution in [3.63, 3.8) is 0 Å². The first-order chi connectivity index (χ1) is 20.1. The number of nitrogens with zero attached hydrogens (tertiary/aromatic N) is 5. The number of H-pyrrole nitrogens is 1. The summed E-state index contributed by atoms with van der Waals surface area (Å²) in [5, 5.41) is 24.8. The summed E-state index contributed by atoms with van der Waals surface area (Å²) in [6.45, 7) is 0.714. The standard InChI is InChI=1S/C25H25N6O10P/c1-15(23(35)38-13-16-7-3-2-4-8-16)28-42(37)41-18-10-6-5-9-17(18)39-14-25(29-30-26)21(34)20(33)22(40-25)31-12-11-19(32)27-24(31)36/h2-12,15,20-22,33-34H,13-14H2,1H3,(H,27,32,36)/t15-,20+,21-,22+,25+/m0/s1. The van der Waals surface area contributed by atoms with Gasteiger partial charge in [-0.05, 0) is 30.2 Å². The number of aliphatic hydroxyl groups excluding tert-OH is 2. The number of hydrogen-bond donors (Lipinski definition) is 3. The van der Waals surface area contributed by atoms with E-state index in [4.69, 9.17) is 24.3 Å². The summed E-state index contributed by atoms with van der Waals surface area (Å²) < 4.78 is 26.5. The third kappa shape index (κ3) is 7.01. The highest BCUT2D eigenvalue weighted by Gasteiger charge is 2.56. The minimum Gasteiger partial charge on any atom is -0.575 e. The van der Waals surface area contributed by atoms with Gasteiger partial charge in [-0.2, -0.15) is 0 Å². The van der Waals surface area contributed by atoms with E-state index in [1.807, 2.05) is 11.1 Å². The first-order valence-corrected chi connectivity index (χ1v) is 13.5. The molecule has 0 amide bonds. The molecule has 17 heteroatoms. The number of aromatic amines is 1. The Balaban J connectivity index is 1.46. The van der Waals surface area contributed by atoms with Crippen molar-refractivity contribution in [2.75, 3.05) is 6.61 Å². The minimum atomic E-state index is -2.79. The summed E-state index contributed by atoms with van der Waals surface area (Å²) in [5.41, 5.74) is 6.04. The van der Waals surface area contributed by atoms with Gasteiger partial charge in [0.05, 0.1) is 0 Å². The van der Waals surface area contributed by atoms with E-state index < -0.39 is 62.2 Å². The molecule has 16 nitrogen and oxygen atoms in total. The van der Waals surface area contributed by atoms with Gasteiger partial charge in [-0.1, -0.05) is 52.3 Å². The van der Waals surface area contributed by atoms with Gasteiger partial charge in [0.25, 0.3) is 5.56 Å². The molecule has 0 saturated carbocycles. The van der Waals surface area contributed by atoms with Gasteiger partial charge in [-0.25, -0.2) is 9.59 Å². The van der Waals surface area contributed by atoms with Crippen LogP contribution in [0.4, 0.5) is 0 Å². The van der Waals surface area contributed by atoms with E-state index in [1.165, 1.54) is 25.1 Å². The zero-order valence-corrected chi connectivity index (χ0v) is 22.8. The number of esters is 1.